The third kappa shape index (κ3) is 3.53. The Morgan fingerprint density at radius 2 is 1.57 bits per heavy atom. The van der Waals surface area contributed by atoms with Gasteiger partial charge in [0.1, 0.15) is 23.1 Å². The summed E-state index contributed by atoms with van der Waals surface area (Å²) in [4.78, 5) is 11.7. The van der Waals surface area contributed by atoms with Crippen LogP contribution >= 0.6 is 0 Å². The lowest BCUT2D eigenvalue weighted by molar-refractivity contribution is -0.114. The summed E-state index contributed by atoms with van der Waals surface area (Å²) in [5, 5.41) is 4.85. The van der Waals surface area contributed by atoms with Gasteiger partial charge in [0.05, 0.1) is 6.54 Å². The minimum atomic E-state index is -0.856. The van der Waals surface area contributed by atoms with Crippen LogP contribution < -0.4 is 10.6 Å². The number of amides is 1. The third-order valence-electron chi connectivity index (χ3n) is 2.93. The Morgan fingerprint density at radius 1 is 1.00 bits per heavy atom. The Labute approximate surface area is 119 Å². The molecule has 0 radical (unpaired) electrons. The number of hydrogen-bond donors (Lipinski definition) is 2. The molecule has 0 atom stereocenters. The molecule has 0 aliphatic rings. The number of para-hydroxylation sites is 1. The van der Waals surface area contributed by atoms with Crippen LogP contribution in [0.2, 0.25) is 0 Å². The summed E-state index contributed by atoms with van der Waals surface area (Å²) >= 11 is 0. The maximum Gasteiger partial charge on any atom is 0.243 e. The number of anilines is 2. The second kappa shape index (κ2) is 6.30. The molecule has 1 amide bonds. The van der Waals surface area contributed by atoms with Crippen molar-refractivity contribution in [3.8, 4) is 0 Å². The van der Waals surface area contributed by atoms with Crippen molar-refractivity contribution in [1.82, 2.24) is 0 Å². The Bertz CT molecular complexity index is 654. The first-order valence-corrected chi connectivity index (χ1v) is 6.22. The summed E-state index contributed by atoms with van der Waals surface area (Å²) in [6, 6.07) is 7.70. The molecule has 0 heterocycles. The molecule has 110 valence electrons. The Kier molecular flexibility index (Phi) is 4.47. The van der Waals surface area contributed by atoms with Crippen LogP contribution in [0.15, 0.2) is 36.4 Å². The highest BCUT2D eigenvalue weighted by molar-refractivity contribution is 5.94. The molecule has 21 heavy (non-hydrogen) atoms. The van der Waals surface area contributed by atoms with E-state index in [2.05, 4.69) is 10.6 Å². The van der Waals surface area contributed by atoms with Crippen molar-refractivity contribution in [2.75, 3.05) is 17.2 Å². The predicted octanol–water partition coefficient (Wildman–Crippen LogP) is 3.46. The molecule has 0 bridgehead atoms. The maximum atomic E-state index is 13.4. The van der Waals surface area contributed by atoms with Crippen LogP contribution in [0.1, 0.15) is 5.56 Å². The molecular formula is C15H13F3N2O. The van der Waals surface area contributed by atoms with Gasteiger partial charge < -0.3 is 10.6 Å². The molecule has 6 heteroatoms. The minimum Gasteiger partial charge on any atom is -0.376 e. The van der Waals surface area contributed by atoms with Gasteiger partial charge in [-0.05, 0) is 31.2 Å². The average molecular weight is 294 g/mol. The minimum absolute atomic E-state index is 0.238. The molecule has 0 saturated heterocycles. The molecule has 0 saturated carbocycles. The van der Waals surface area contributed by atoms with E-state index in [9.17, 15) is 18.0 Å². The number of hydrogen-bond acceptors (Lipinski definition) is 2. The number of benzene rings is 2. The van der Waals surface area contributed by atoms with Crippen LogP contribution in [-0.2, 0) is 4.79 Å². The van der Waals surface area contributed by atoms with E-state index in [1.807, 2.05) is 0 Å². The van der Waals surface area contributed by atoms with E-state index in [1.165, 1.54) is 18.2 Å². The quantitative estimate of drug-likeness (QED) is 0.906. The summed E-state index contributed by atoms with van der Waals surface area (Å²) < 4.78 is 40.0. The zero-order chi connectivity index (χ0) is 15.4. The number of carbonyl (C=O) groups is 1. The number of carbonyl (C=O) groups excluding carboxylic acids is 1. The Balaban J connectivity index is 2.01. The molecule has 2 aromatic carbocycles. The van der Waals surface area contributed by atoms with Crippen molar-refractivity contribution in [3.05, 3.63) is 59.4 Å². The van der Waals surface area contributed by atoms with E-state index in [-0.39, 0.29) is 6.54 Å². The monoisotopic (exact) mass is 294 g/mol. The van der Waals surface area contributed by atoms with Gasteiger partial charge in [-0.15, -0.1) is 0 Å². The van der Waals surface area contributed by atoms with E-state index in [0.29, 0.717) is 11.3 Å². The third-order valence-corrected chi connectivity index (χ3v) is 2.93. The molecular weight excluding hydrogens is 281 g/mol. The fourth-order valence-corrected chi connectivity index (χ4v) is 1.78. The van der Waals surface area contributed by atoms with Crippen molar-refractivity contribution >= 4 is 17.3 Å². The first-order chi connectivity index (χ1) is 9.99. The predicted molar refractivity (Wildman–Crippen MR) is 74.6 cm³/mol. The first kappa shape index (κ1) is 14.9. The smallest absolute Gasteiger partial charge is 0.243 e. The lowest BCUT2D eigenvalue weighted by Crippen LogP contribution is -2.23. The van der Waals surface area contributed by atoms with Crippen molar-refractivity contribution in [3.63, 3.8) is 0 Å². The molecule has 0 spiro atoms. The summed E-state index contributed by atoms with van der Waals surface area (Å²) in [6.45, 7) is 1.32. The zero-order valence-corrected chi connectivity index (χ0v) is 11.2. The van der Waals surface area contributed by atoms with Crippen molar-refractivity contribution in [1.29, 1.82) is 0 Å². The van der Waals surface area contributed by atoms with E-state index in [1.54, 1.807) is 13.0 Å². The normalized spacial score (nSPS) is 10.3. The second-order valence-electron chi connectivity index (χ2n) is 4.41. The highest BCUT2D eigenvalue weighted by Crippen LogP contribution is 2.19. The molecule has 3 nitrogen and oxygen atoms in total. The molecule has 2 rings (SSSR count). The van der Waals surface area contributed by atoms with Crippen LogP contribution in [0.25, 0.3) is 0 Å². The van der Waals surface area contributed by atoms with E-state index in [4.69, 9.17) is 0 Å². The van der Waals surface area contributed by atoms with Crippen LogP contribution in [0.3, 0.4) is 0 Å². The van der Waals surface area contributed by atoms with Gasteiger partial charge in [0.15, 0.2) is 0 Å². The van der Waals surface area contributed by atoms with Gasteiger partial charge in [0, 0.05) is 11.3 Å². The van der Waals surface area contributed by atoms with Gasteiger partial charge in [0.25, 0.3) is 0 Å². The lowest BCUT2D eigenvalue weighted by atomic mass is 10.2. The van der Waals surface area contributed by atoms with Crippen molar-refractivity contribution < 1.29 is 18.0 Å². The van der Waals surface area contributed by atoms with E-state index >= 15 is 0 Å². The first-order valence-electron chi connectivity index (χ1n) is 6.22. The van der Waals surface area contributed by atoms with E-state index in [0.717, 1.165) is 12.1 Å². The van der Waals surface area contributed by atoms with Gasteiger partial charge in [-0.2, -0.15) is 0 Å². The zero-order valence-electron chi connectivity index (χ0n) is 11.2. The average Bonchev–Trinajstić information content (AvgIpc) is 2.45. The fourth-order valence-electron chi connectivity index (χ4n) is 1.78. The Morgan fingerprint density at radius 3 is 2.24 bits per heavy atom. The molecule has 2 N–H and O–H groups in total. The van der Waals surface area contributed by atoms with Gasteiger partial charge in [-0.3, -0.25) is 4.79 Å². The maximum absolute atomic E-state index is 13.4. The van der Waals surface area contributed by atoms with Crippen LogP contribution in [0.5, 0.6) is 0 Å². The van der Waals surface area contributed by atoms with Crippen LogP contribution in [0.4, 0.5) is 24.5 Å². The van der Waals surface area contributed by atoms with Gasteiger partial charge in [0.2, 0.25) is 5.91 Å². The van der Waals surface area contributed by atoms with Gasteiger partial charge in [-0.25, -0.2) is 13.2 Å². The van der Waals surface area contributed by atoms with Gasteiger partial charge in [-0.1, -0.05) is 12.1 Å². The number of nitrogens with one attached hydrogen (secondary N) is 2. The number of halogens is 3. The SMILES string of the molecule is Cc1c(F)cccc1NCC(=O)Nc1c(F)cccc1F. The highest BCUT2D eigenvalue weighted by atomic mass is 19.1. The van der Waals surface area contributed by atoms with Crippen LogP contribution in [0, 0.1) is 24.4 Å². The fraction of sp³-hybridized carbons (Fsp3) is 0.133. The molecule has 0 aliphatic heterocycles. The highest BCUT2D eigenvalue weighted by Gasteiger charge is 2.12. The summed E-state index contributed by atoms with van der Waals surface area (Å²) in [7, 11) is 0. The van der Waals surface area contributed by atoms with Crippen molar-refractivity contribution in [2.45, 2.75) is 6.92 Å². The van der Waals surface area contributed by atoms with Crippen LogP contribution in [-0.4, -0.2) is 12.5 Å². The topological polar surface area (TPSA) is 41.1 Å². The van der Waals surface area contributed by atoms with Crippen molar-refractivity contribution in [2.24, 2.45) is 0 Å². The second-order valence-corrected chi connectivity index (χ2v) is 4.41. The Hall–Kier alpha value is -2.50. The molecule has 0 aliphatic carbocycles. The summed E-state index contributed by atoms with van der Waals surface area (Å²) in [5.74, 6) is -2.75. The molecule has 0 aromatic heterocycles. The summed E-state index contributed by atoms with van der Waals surface area (Å²) in [6.07, 6.45) is 0. The standard InChI is InChI=1S/C15H13F3N2O/c1-9-10(16)4-3-7-13(9)19-8-14(21)20-15-11(17)5-2-6-12(15)18/h2-7,19H,8H2,1H3,(H,20,21). The molecule has 2 aromatic rings. The molecule has 0 fully saturated rings. The largest absolute Gasteiger partial charge is 0.376 e. The summed E-state index contributed by atoms with van der Waals surface area (Å²) in [5.41, 5.74) is 0.307. The lowest BCUT2D eigenvalue weighted by Gasteiger charge is -2.11. The number of rotatable bonds is 4. The van der Waals surface area contributed by atoms with E-state index < -0.39 is 29.0 Å². The molecule has 0 unspecified atom stereocenters. The van der Waals surface area contributed by atoms with Gasteiger partial charge >= 0.3 is 0 Å².